The molecular formula is C30H21B. The van der Waals surface area contributed by atoms with Crippen LogP contribution in [0.15, 0.2) is 115 Å². The molecule has 31 heavy (non-hydrogen) atoms. The van der Waals surface area contributed by atoms with Gasteiger partial charge in [-0.25, -0.2) is 0 Å². The van der Waals surface area contributed by atoms with Crippen molar-refractivity contribution in [3.8, 4) is 22.3 Å². The third kappa shape index (κ3) is 2.93. The van der Waals surface area contributed by atoms with E-state index in [0.29, 0.717) is 0 Å². The predicted octanol–water partition coefficient (Wildman–Crippen LogP) is 6.74. The standard InChI is InChI=1S/C30H21B/c31-30-27-14-5-3-12-25(27)29(26-13-4-6-15-28(26)30)24-11-7-10-22(19-24)23-17-16-20-8-1-2-9-21(20)18-23/h1-19H,31H2. The zero-order valence-electron chi connectivity index (χ0n) is 17.5. The second kappa shape index (κ2) is 7.14. The molecule has 0 heterocycles. The molecule has 0 amide bonds. The van der Waals surface area contributed by atoms with E-state index in [4.69, 9.17) is 0 Å². The first kappa shape index (κ1) is 18.0. The Kier molecular flexibility index (Phi) is 4.14. The van der Waals surface area contributed by atoms with Gasteiger partial charge in [0.2, 0.25) is 0 Å². The maximum atomic E-state index is 2.34. The second-order valence-corrected chi connectivity index (χ2v) is 8.23. The quantitative estimate of drug-likeness (QED) is 0.226. The summed E-state index contributed by atoms with van der Waals surface area (Å²) in [6.07, 6.45) is 0. The molecule has 0 spiro atoms. The Morgan fingerprint density at radius 2 is 0.935 bits per heavy atom. The van der Waals surface area contributed by atoms with Gasteiger partial charge in [-0.1, -0.05) is 109 Å². The fourth-order valence-corrected chi connectivity index (χ4v) is 4.88. The number of hydrogen-bond acceptors (Lipinski definition) is 0. The smallest absolute Gasteiger partial charge is 0.0735 e. The van der Waals surface area contributed by atoms with E-state index in [1.54, 1.807) is 0 Å². The molecule has 0 radical (unpaired) electrons. The molecule has 0 unspecified atom stereocenters. The molecule has 6 rings (SSSR count). The van der Waals surface area contributed by atoms with Crippen molar-refractivity contribution in [2.24, 2.45) is 0 Å². The van der Waals surface area contributed by atoms with Crippen LogP contribution in [0.1, 0.15) is 0 Å². The third-order valence-electron chi connectivity index (χ3n) is 6.43. The van der Waals surface area contributed by atoms with E-state index in [0.717, 1.165) is 0 Å². The van der Waals surface area contributed by atoms with Crippen LogP contribution in [0.3, 0.4) is 0 Å². The lowest BCUT2D eigenvalue weighted by molar-refractivity contribution is 1.63. The molecule has 0 aliphatic heterocycles. The summed E-state index contributed by atoms with van der Waals surface area (Å²) < 4.78 is 0. The second-order valence-electron chi connectivity index (χ2n) is 8.23. The first-order valence-corrected chi connectivity index (χ1v) is 10.8. The highest BCUT2D eigenvalue weighted by Gasteiger charge is 2.13. The molecule has 0 saturated heterocycles. The minimum atomic E-state index is 1.25. The maximum Gasteiger partial charge on any atom is 0.140 e. The normalized spacial score (nSPS) is 11.4. The molecule has 0 nitrogen and oxygen atoms in total. The van der Waals surface area contributed by atoms with Crippen molar-refractivity contribution < 1.29 is 0 Å². The molecule has 6 aromatic carbocycles. The average Bonchev–Trinajstić information content (AvgIpc) is 2.84. The van der Waals surface area contributed by atoms with E-state index < -0.39 is 0 Å². The van der Waals surface area contributed by atoms with Crippen molar-refractivity contribution in [3.05, 3.63) is 115 Å². The molecule has 0 fully saturated rings. The van der Waals surface area contributed by atoms with Crippen LogP contribution in [0.25, 0.3) is 54.6 Å². The summed E-state index contributed by atoms with van der Waals surface area (Å²) in [7, 11) is 2.24. The minimum Gasteiger partial charge on any atom is -0.0735 e. The maximum absolute atomic E-state index is 2.34. The highest BCUT2D eigenvalue weighted by Crippen LogP contribution is 2.37. The minimum absolute atomic E-state index is 1.25. The molecule has 0 saturated carbocycles. The molecule has 1 heteroatoms. The zero-order chi connectivity index (χ0) is 20.8. The molecule has 144 valence electrons. The van der Waals surface area contributed by atoms with Crippen molar-refractivity contribution in [3.63, 3.8) is 0 Å². The topological polar surface area (TPSA) is 0 Å². The van der Waals surface area contributed by atoms with Crippen molar-refractivity contribution in [2.75, 3.05) is 0 Å². The summed E-state index contributed by atoms with van der Waals surface area (Å²) in [6.45, 7) is 0. The fraction of sp³-hybridized carbons (Fsp3) is 0. The zero-order valence-corrected chi connectivity index (χ0v) is 17.5. The van der Waals surface area contributed by atoms with Crippen LogP contribution in [0.4, 0.5) is 0 Å². The van der Waals surface area contributed by atoms with Crippen LogP contribution in [0.2, 0.25) is 0 Å². The Hall–Kier alpha value is -3.84. The van der Waals surface area contributed by atoms with Gasteiger partial charge < -0.3 is 0 Å². The van der Waals surface area contributed by atoms with Crippen LogP contribution in [0.5, 0.6) is 0 Å². The monoisotopic (exact) mass is 392 g/mol. The molecule has 0 N–H and O–H groups in total. The van der Waals surface area contributed by atoms with Gasteiger partial charge in [-0.3, -0.25) is 0 Å². The van der Waals surface area contributed by atoms with E-state index in [1.165, 1.54) is 60.0 Å². The summed E-state index contributed by atoms with van der Waals surface area (Å²) in [4.78, 5) is 0. The lowest BCUT2D eigenvalue weighted by Gasteiger charge is -2.16. The largest absolute Gasteiger partial charge is 0.140 e. The molecule has 6 aromatic rings. The Labute approximate surface area is 183 Å². The SMILES string of the molecule is Bc1c2ccccc2c(-c2cccc(-c3ccc4ccccc4c3)c2)c2ccccc12. The van der Waals surface area contributed by atoms with E-state index in [9.17, 15) is 0 Å². The van der Waals surface area contributed by atoms with Gasteiger partial charge in [-0.05, 0) is 66.7 Å². The predicted molar refractivity (Wildman–Crippen MR) is 138 cm³/mol. The van der Waals surface area contributed by atoms with Gasteiger partial charge in [-0.15, -0.1) is 0 Å². The van der Waals surface area contributed by atoms with Gasteiger partial charge in [0.25, 0.3) is 0 Å². The first-order valence-electron chi connectivity index (χ1n) is 10.8. The van der Waals surface area contributed by atoms with Gasteiger partial charge in [-0.2, -0.15) is 0 Å². The fourth-order valence-electron chi connectivity index (χ4n) is 4.88. The van der Waals surface area contributed by atoms with Crippen LogP contribution in [0, 0.1) is 0 Å². The van der Waals surface area contributed by atoms with E-state index >= 15 is 0 Å². The Morgan fingerprint density at radius 1 is 0.387 bits per heavy atom. The molecule has 0 aromatic heterocycles. The third-order valence-corrected chi connectivity index (χ3v) is 6.43. The summed E-state index contributed by atoms with van der Waals surface area (Å²) in [5.74, 6) is 0. The van der Waals surface area contributed by atoms with Crippen LogP contribution in [-0.4, -0.2) is 7.85 Å². The Balaban J connectivity index is 1.62. The number of fused-ring (bicyclic) bond motifs is 3. The van der Waals surface area contributed by atoms with Crippen molar-refractivity contribution >= 4 is 45.6 Å². The van der Waals surface area contributed by atoms with Crippen molar-refractivity contribution in [1.82, 2.24) is 0 Å². The number of hydrogen-bond donors (Lipinski definition) is 0. The first-order chi connectivity index (χ1) is 15.3. The van der Waals surface area contributed by atoms with E-state index in [-0.39, 0.29) is 0 Å². The Morgan fingerprint density at radius 3 is 1.65 bits per heavy atom. The van der Waals surface area contributed by atoms with Gasteiger partial charge in [0.1, 0.15) is 7.85 Å². The van der Waals surface area contributed by atoms with Gasteiger partial charge in [0.15, 0.2) is 0 Å². The summed E-state index contributed by atoms with van der Waals surface area (Å²) >= 11 is 0. The summed E-state index contributed by atoms with van der Waals surface area (Å²) in [6, 6.07) is 41.8. The van der Waals surface area contributed by atoms with Gasteiger partial charge in [0, 0.05) is 0 Å². The van der Waals surface area contributed by atoms with Crippen molar-refractivity contribution in [2.45, 2.75) is 0 Å². The average molecular weight is 392 g/mol. The Bertz CT molecular complexity index is 1540. The molecule has 0 aliphatic rings. The molecular weight excluding hydrogens is 371 g/mol. The van der Waals surface area contributed by atoms with Gasteiger partial charge in [0.05, 0.1) is 0 Å². The lowest BCUT2D eigenvalue weighted by atomic mass is 9.81. The summed E-state index contributed by atoms with van der Waals surface area (Å²) in [5.41, 5.74) is 6.43. The molecule has 0 atom stereocenters. The highest BCUT2D eigenvalue weighted by atomic mass is 14.2. The van der Waals surface area contributed by atoms with Crippen molar-refractivity contribution in [1.29, 1.82) is 0 Å². The molecule has 0 aliphatic carbocycles. The molecule has 0 bridgehead atoms. The van der Waals surface area contributed by atoms with Crippen LogP contribution < -0.4 is 5.46 Å². The highest BCUT2D eigenvalue weighted by molar-refractivity contribution is 6.46. The summed E-state index contributed by atoms with van der Waals surface area (Å²) in [5, 5.41) is 7.83. The van der Waals surface area contributed by atoms with Crippen LogP contribution in [-0.2, 0) is 0 Å². The van der Waals surface area contributed by atoms with E-state index in [2.05, 4.69) is 123 Å². The number of rotatable bonds is 2. The number of benzene rings is 6. The van der Waals surface area contributed by atoms with Crippen LogP contribution >= 0.6 is 0 Å². The van der Waals surface area contributed by atoms with E-state index in [1.807, 2.05) is 0 Å². The van der Waals surface area contributed by atoms with Gasteiger partial charge >= 0.3 is 0 Å². The lowest BCUT2D eigenvalue weighted by Crippen LogP contribution is -2.07.